The van der Waals surface area contributed by atoms with Crippen molar-refractivity contribution < 1.29 is 14.3 Å². The fourth-order valence-corrected chi connectivity index (χ4v) is 2.27. The third-order valence-corrected chi connectivity index (χ3v) is 4.66. The van der Waals surface area contributed by atoms with Crippen molar-refractivity contribution >= 4 is 56.4 Å². The van der Waals surface area contributed by atoms with E-state index in [0.29, 0.717) is 17.0 Å². The average molecular weight is 434 g/mol. The molecule has 0 aliphatic rings. The van der Waals surface area contributed by atoms with Crippen LogP contribution in [0.4, 0.5) is 5.69 Å². The molecule has 2 aromatic rings. The largest absolute Gasteiger partial charge is 0.478 e. The first-order valence-corrected chi connectivity index (χ1v) is 7.18. The molecular formula is C13H9BrINO3. The predicted octanol–water partition coefficient (Wildman–Crippen LogP) is 4.40. The summed E-state index contributed by atoms with van der Waals surface area (Å²) in [4.78, 5) is 15.3. The molecule has 98 valence electrons. The lowest BCUT2D eigenvalue weighted by Crippen LogP contribution is -1.99. The molecule has 2 rings (SSSR count). The third kappa shape index (κ3) is 3.24. The molecule has 0 unspecified atom stereocenters. The van der Waals surface area contributed by atoms with Crippen LogP contribution in [0, 0.1) is 10.7 Å². The molecule has 6 heteroatoms. The second-order valence-electron chi connectivity index (χ2n) is 3.78. The monoisotopic (exact) mass is 433 g/mol. The van der Waals surface area contributed by atoms with Crippen LogP contribution in [0.15, 0.2) is 38.1 Å². The van der Waals surface area contributed by atoms with Crippen LogP contribution in [-0.4, -0.2) is 17.3 Å². The van der Waals surface area contributed by atoms with E-state index < -0.39 is 5.97 Å². The molecule has 1 heterocycles. The Morgan fingerprint density at radius 1 is 1.53 bits per heavy atom. The lowest BCUT2D eigenvalue weighted by atomic mass is 10.1. The summed E-state index contributed by atoms with van der Waals surface area (Å²) in [7, 11) is 0. The summed E-state index contributed by atoms with van der Waals surface area (Å²) in [6.45, 7) is 1.73. The maximum atomic E-state index is 11.0. The number of rotatable bonds is 3. The maximum Gasteiger partial charge on any atom is 0.336 e. The van der Waals surface area contributed by atoms with Crippen molar-refractivity contribution in [2.75, 3.05) is 0 Å². The zero-order valence-corrected chi connectivity index (χ0v) is 13.6. The zero-order chi connectivity index (χ0) is 14.0. The lowest BCUT2D eigenvalue weighted by Gasteiger charge is -2.03. The van der Waals surface area contributed by atoms with E-state index in [-0.39, 0.29) is 5.56 Å². The molecule has 1 aromatic carbocycles. The van der Waals surface area contributed by atoms with Crippen molar-refractivity contribution in [3.8, 4) is 0 Å². The molecule has 0 aliphatic heterocycles. The van der Waals surface area contributed by atoms with Crippen LogP contribution in [0.1, 0.15) is 21.7 Å². The van der Waals surface area contributed by atoms with Gasteiger partial charge in [0.15, 0.2) is 3.77 Å². The van der Waals surface area contributed by atoms with Gasteiger partial charge in [-0.2, -0.15) is 0 Å². The molecule has 19 heavy (non-hydrogen) atoms. The molecule has 0 fully saturated rings. The number of aromatic carboxylic acids is 1. The molecule has 0 saturated heterocycles. The van der Waals surface area contributed by atoms with E-state index >= 15 is 0 Å². The molecule has 1 aromatic heterocycles. The number of benzene rings is 1. The molecule has 0 aliphatic carbocycles. The highest BCUT2D eigenvalue weighted by Gasteiger charge is 2.09. The van der Waals surface area contributed by atoms with E-state index in [1.54, 1.807) is 31.3 Å². The molecule has 0 radical (unpaired) electrons. The molecule has 0 saturated carbocycles. The van der Waals surface area contributed by atoms with E-state index in [0.717, 1.165) is 8.24 Å². The van der Waals surface area contributed by atoms with Gasteiger partial charge in [0.1, 0.15) is 5.76 Å². The molecule has 1 N–H and O–H groups in total. The standard InChI is InChI=1S/C13H9BrINO3/c1-7-9(13(17)18)3-2-4-11(7)16-6-8-5-10(14)12(15)19-8/h2-6H,1H3,(H,17,18). The SMILES string of the molecule is Cc1c(N=Cc2cc(Br)c(I)o2)cccc1C(=O)O. The van der Waals surface area contributed by atoms with Crippen molar-refractivity contribution in [2.45, 2.75) is 6.92 Å². The summed E-state index contributed by atoms with van der Waals surface area (Å²) in [6, 6.07) is 6.80. The zero-order valence-electron chi connectivity index (χ0n) is 9.85. The van der Waals surface area contributed by atoms with Gasteiger partial charge in [0.2, 0.25) is 0 Å². The Morgan fingerprint density at radius 3 is 2.84 bits per heavy atom. The summed E-state index contributed by atoms with van der Waals surface area (Å²) in [5, 5.41) is 9.04. The summed E-state index contributed by atoms with van der Waals surface area (Å²) < 4.78 is 7.04. The Bertz CT molecular complexity index is 644. The minimum absolute atomic E-state index is 0.254. The van der Waals surface area contributed by atoms with Gasteiger partial charge < -0.3 is 9.52 Å². The van der Waals surface area contributed by atoms with Crippen molar-refractivity contribution in [3.63, 3.8) is 0 Å². The number of aliphatic imine (C=N–C) groups is 1. The van der Waals surface area contributed by atoms with Gasteiger partial charge in [0, 0.05) is 28.7 Å². The van der Waals surface area contributed by atoms with Gasteiger partial charge in [-0.15, -0.1) is 0 Å². The van der Waals surface area contributed by atoms with E-state index in [4.69, 9.17) is 9.52 Å². The van der Waals surface area contributed by atoms with E-state index in [9.17, 15) is 4.79 Å². The minimum Gasteiger partial charge on any atom is -0.478 e. The van der Waals surface area contributed by atoms with Gasteiger partial charge >= 0.3 is 5.97 Å². The Kier molecular flexibility index (Phi) is 4.41. The van der Waals surface area contributed by atoms with Gasteiger partial charge in [-0.05, 0) is 40.5 Å². The van der Waals surface area contributed by atoms with Gasteiger partial charge in [0.05, 0.1) is 21.9 Å². The lowest BCUT2D eigenvalue weighted by molar-refractivity contribution is 0.0696. The van der Waals surface area contributed by atoms with E-state index in [1.165, 1.54) is 0 Å². The number of carboxylic acid groups (broad SMARTS) is 1. The smallest absolute Gasteiger partial charge is 0.336 e. The van der Waals surface area contributed by atoms with Crippen molar-refractivity contribution in [3.05, 3.63) is 49.4 Å². The molecule has 0 bridgehead atoms. The first-order valence-electron chi connectivity index (χ1n) is 5.31. The van der Waals surface area contributed by atoms with Gasteiger partial charge in [-0.25, -0.2) is 4.79 Å². The van der Waals surface area contributed by atoms with Crippen LogP contribution in [0.3, 0.4) is 0 Å². The topological polar surface area (TPSA) is 62.8 Å². The van der Waals surface area contributed by atoms with Crippen molar-refractivity contribution in [2.24, 2.45) is 4.99 Å². The number of carbonyl (C=O) groups is 1. The molecular weight excluding hydrogens is 425 g/mol. The van der Waals surface area contributed by atoms with Gasteiger partial charge in [0.25, 0.3) is 0 Å². The Morgan fingerprint density at radius 2 is 2.26 bits per heavy atom. The molecule has 4 nitrogen and oxygen atoms in total. The first kappa shape index (κ1) is 14.3. The number of hydrogen-bond acceptors (Lipinski definition) is 3. The van der Waals surface area contributed by atoms with Crippen LogP contribution in [0.25, 0.3) is 0 Å². The first-order chi connectivity index (χ1) is 8.99. The van der Waals surface area contributed by atoms with E-state index in [1.807, 2.05) is 6.07 Å². The Hall–Kier alpha value is -1.15. The predicted molar refractivity (Wildman–Crippen MR) is 84.5 cm³/mol. The fraction of sp³-hybridized carbons (Fsp3) is 0.0769. The van der Waals surface area contributed by atoms with Crippen LogP contribution in [0.2, 0.25) is 0 Å². The number of carboxylic acids is 1. The average Bonchev–Trinajstić information content (AvgIpc) is 2.67. The second kappa shape index (κ2) is 5.87. The highest BCUT2D eigenvalue weighted by atomic mass is 127. The summed E-state index contributed by atoms with van der Waals surface area (Å²) >= 11 is 5.41. The van der Waals surface area contributed by atoms with Crippen LogP contribution in [-0.2, 0) is 0 Å². The number of hydrogen-bond donors (Lipinski definition) is 1. The molecule has 0 spiro atoms. The van der Waals surface area contributed by atoms with Crippen LogP contribution in [0.5, 0.6) is 0 Å². The highest BCUT2D eigenvalue weighted by molar-refractivity contribution is 14.1. The summed E-state index contributed by atoms with van der Waals surface area (Å²) in [5.74, 6) is -0.346. The third-order valence-electron chi connectivity index (χ3n) is 2.53. The van der Waals surface area contributed by atoms with Gasteiger partial charge in [-0.1, -0.05) is 6.07 Å². The molecule has 0 amide bonds. The molecule has 0 atom stereocenters. The highest BCUT2D eigenvalue weighted by Crippen LogP contribution is 2.24. The number of nitrogens with zero attached hydrogens (tertiary/aromatic N) is 1. The number of furan rings is 1. The normalized spacial score (nSPS) is 11.1. The fourth-order valence-electron chi connectivity index (χ4n) is 1.56. The number of halogens is 2. The second-order valence-corrected chi connectivity index (χ2v) is 5.62. The van der Waals surface area contributed by atoms with E-state index in [2.05, 4.69) is 43.5 Å². The Labute approximate surface area is 131 Å². The van der Waals surface area contributed by atoms with Crippen molar-refractivity contribution in [1.82, 2.24) is 0 Å². The van der Waals surface area contributed by atoms with Gasteiger partial charge in [-0.3, -0.25) is 4.99 Å². The van der Waals surface area contributed by atoms with Crippen molar-refractivity contribution in [1.29, 1.82) is 0 Å². The minimum atomic E-state index is -0.954. The Balaban J connectivity index is 2.33. The van der Waals surface area contributed by atoms with Crippen LogP contribution < -0.4 is 0 Å². The summed E-state index contributed by atoms with van der Waals surface area (Å²) in [6.07, 6.45) is 1.57. The maximum absolute atomic E-state index is 11.0. The van der Waals surface area contributed by atoms with Crippen LogP contribution >= 0.6 is 38.5 Å². The summed E-state index contributed by atoms with van der Waals surface area (Å²) in [5.41, 5.74) is 1.50. The quantitative estimate of drug-likeness (QED) is 0.576.